The van der Waals surface area contributed by atoms with Gasteiger partial charge in [-0.1, -0.05) is 24.3 Å². The summed E-state index contributed by atoms with van der Waals surface area (Å²) in [5, 5.41) is 2.35. The lowest BCUT2D eigenvalue weighted by Gasteiger charge is -2.10. The van der Waals surface area contributed by atoms with Gasteiger partial charge < -0.3 is 10.2 Å². The molecule has 132 valence electrons. The number of pyridine rings is 1. The Morgan fingerprint density at radius 2 is 1.73 bits per heavy atom. The lowest BCUT2D eigenvalue weighted by Crippen LogP contribution is -2.32. The van der Waals surface area contributed by atoms with Gasteiger partial charge in [-0.15, -0.1) is 0 Å². The number of amides is 1. The fourth-order valence-corrected chi connectivity index (χ4v) is 2.23. The third-order valence-electron chi connectivity index (χ3n) is 3.57. The van der Waals surface area contributed by atoms with E-state index in [0.717, 1.165) is 4.73 Å². The average molecular weight is 356 g/mol. The number of benzene rings is 2. The molecule has 0 saturated heterocycles. The van der Waals surface area contributed by atoms with Gasteiger partial charge in [0.2, 0.25) is 0 Å². The van der Waals surface area contributed by atoms with Crippen molar-refractivity contribution >= 4 is 11.6 Å². The first-order valence-electron chi connectivity index (χ1n) is 7.70. The van der Waals surface area contributed by atoms with Gasteiger partial charge in [0.15, 0.2) is 0 Å². The van der Waals surface area contributed by atoms with Crippen LogP contribution in [-0.4, -0.2) is 10.6 Å². The molecular formula is C19H14F2N2O3. The predicted molar refractivity (Wildman–Crippen MR) is 91.7 cm³/mol. The Morgan fingerprint density at radius 3 is 2.46 bits per heavy atom. The van der Waals surface area contributed by atoms with Crippen molar-refractivity contribution in [2.24, 2.45) is 0 Å². The van der Waals surface area contributed by atoms with Gasteiger partial charge in [-0.25, -0.2) is 8.78 Å². The van der Waals surface area contributed by atoms with Crippen LogP contribution in [0.1, 0.15) is 15.9 Å². The highest BCUT2D eigenvalue weighted by molar-refractivity contribution is 6.04. The maximum absolute atomic E-state index is 13.6. The van der Waals surface area contributed by atoms with E-state index < -0.39 is 17.3 Å². The van der Waals surface area contributed by atoms with Gasteiger partial charge >= 0.3 is 0 Å². The van der Waals surface area contributed by atoms with Crippen LogP contribution in [0.15, 0.2) is 71.7 Å². The van der Waals surface area contributed by atoms with Gasteiger partial charge in [0.1, 0.15) is 23.8 Å². The van der Waals surface area contributed by atoms with Crippen molar-refractivity contribution in [3.63, 3.8) is 0 Å². The van der Waals surface area contributed by atoms with Crippen LogP contribution < -0.4 is 15.7 Å². The second-order valence-corrected chi connectivity index (χ2v) is 5.39. The number of nitrogens with zero attached hydrogens (tertiary/aromatic N) is 1. The highest BCUT2D eigenvalue weighted by Gasteiger charge is 2.14. The molecule has 1 heterocycles. The molecular weight excluding hydrogens is 342 g/mol. The third kappa shape index (κ3) is 3.94. The van der Waals surface area contributed by atoms with Crippen LogP contribution in [0.5, 0.6) is 0 Å². The Bertz CT molecular complexity index is 985. The summed E-state index contributed by atoms with van der Waals surface area (Å²) in [6, 6.07) is 14.0. The Hall–Kier alpha value is -3.48. The molecule has 3 rings (SSSR count). The number of rotatable bonds is 5. The molecule has 2 aromatic carbocycles. The zero-order valence-corrected chi connectivity index (χ0v) is 13.5. The lowest BCUT2D eigenvalue weighted by molar-refractivity contribution is 0.0863. The minimum Gasteiger partial charge on any atom is -0.406 e. The molecule has 1 amide bonds. The van der Waals surface area contributed by atoms with Crippen molar-refractivity contribution < 1.29 is 18.4 Å². The largest absolute Gasteiger partial charge is 0.406 e. The zero-order valence-electron chi connectivity index (χ0n) is 13.5. The smallest absolute Gasteiger partial charge is 0.295 e. The van der Waals surface area contributed by atoms with Crippen LogP contribution >= 0.6 is 0 Å². The van der Waals surface area contributed by atoms with Crippen LogP contribution in [0.2, 0.25) is 0 Å². The number of nitrogens with one attached hydrogen (secondary N) is 1. The minimum atomic E-state index is -0.750. The van der Waals surface area contributed by atoms with E-state index in [1.54, 1.807) is 6.07 Å². The first-order chi connectivity index (χ1) is 12.5. The van der Waals surface area contributed by atoms with Crippen LogP contribution in [0, 0.1) is 11.6 Å². The molecule has 0 saturated carbocycles. The van der Waals surface area contributed by atoms with Gasteiger partial charge in [0, 0.05) is 6.20 Å². The van der Waals surface area contributed by atoms with Crippen LogP contribution in [0.3, 0.4) is 0 Å². The summed E-state index contributed by atoms with van der Waals surface area (Å²) >= 11 is 0. The molecule has 26 heavy (non-hydrogen) atoms. The summed E-state index contributed by atoms with van der Waals surface area (Å²) in [6.45, 7) is 0.0125. The molecule has 1 aromatic heterocycles. The molecule has 1 N–H and O–H groups in total. The fourth-order valence-electron chi connectivity index (χ4n) is 2.23. The molecule has 0 bridgehead atoms. The third-order valence-corrected chi connectivity index (χ3v) is 3.57. The fraction of sp³-hybridized carbons (Fsp3) is 0.0526. The quantitative estimate of drug-likeness (QED) is 0.765. The zero-order chi connectivity index (χ0) is 18.5. The average Bonchev–Trinajstić information content (AvgIpc) is 2.64. The summed E-state index contributed by atoms with van der Waals surface area (Å²) in [5.74, 6) is -1.73. The highest BCUT2D eigenvalue weighted by atomic mass is 19.1. The molecule has 0 fully saturated rings. The van der Waals surface area contributed by atoms with E-state index in [2.05, 4.69) is 5.32 Å². The summed E-state index contributed by atoms with van der Waals surface area (Å²) in [6.07, 6.45) is 1.35. The van der Waals surface area contributed by atoms with Crippen LogP contribution in [0.25, 0.3) is 0 Å². The number of aromatic nitrogens is 1. The molecule has 3 aromatic rings. The molecule has 0 aliphatic carbocycles. The van der Waals surface area contributed by atoms with E-state index in [9.17, 15) is 18.4 Å². The summed E-state index contributed by atoms with van der Waals surface area (Å²) < 4.78 is 27.4. The van der Waals surface area contributed by atoms with E-state index >= 15 is 0 Å². The lowest BCUT2D eigenvalue weighted by atomic mass is 10.2. The molecule has 0 unspecified atom stereocenters. The summed E-state index contributed by atoms with van der Waals surface area (Å²) in [5.41, 5.74) is -0.266. The predicted octanol–water partition coefficient (Wildman–Crippen LogP) is 3.01. The standard InChI is InChI=1S/C19H14F2N2O3/c20-14-9-7-13(8-10-14)12-26-23-11-3-4-15(19(23)25)18(24)22-17-6-2-1-5-16(17)21/h1-11H,12H2,(H,22,24). The van der Waals surface area contributed by atoms with Gasteiger partial charge in [0.05, 0.1) is 5.69 Å². The second-order valence-electron chi connectivity index (χ2n) is 5.39. The van der Waals surface area contributed by atoms with E-state index in [4.69, 9.17) is 4.84 Å². The van der Waals surface area contributed by atoms with E-state index in [-0.39, 0.29) is 23.7 Å². The topological polar surface area (TPSA) is 60.3 Å². The number of hydrogen-bond donors (Lipinski definition) is 1. The molecule has 0 spiro atoms. The van der Waals surface area contributed by atoms with Gasteiger partial charge in [0.25, 0.3) is 11.5 Å². The summed E-state index contributed by atoms with van der Waals surface area (Å²) in [4.78, 5) is 30.0. The number of carbonyl (C=O) groups excluding carboxylic acids is 1. The summed E-state index contributed by atoms with van der Waals surface area (Å²) in [7, 11) is 0. The Labute approximate surface area is 147 Å². The second kappa shape index (κ2) is 7.60. The molecule has 7 heteroatoms. The number of para-hydroxylation sites is 1. The number of anilines is 1. The highest BCUT2D eigenvalue weighted by Crippen LogP contribution is 2.13. The molecule has 0 atom stereocenters. The van der Waals surface area contributed by atoms with E-state index in [0.29, 0.717) is 5.56 Å². The number of halogens is 2. The normalized spacial score (nSPS) is 10.4. The van der Waals surface area contributed by atoms with Crippen molar-refractivity contribution in [2.75, 3.05) is 5.32 Å². The SMILES string of the molecule is O=C(Nc1ccccc1F)c1cccn(OCc2ccc(F)cc2)c1=O. The Morgan fingerprint density at radius 1 is 1.00 bits per heavy atom. The van der Waals surface area contributed by atoms with E-state index in [1.807, 2.05) is 0 Å². The first-order valence-corrected chi connectivity index (χ1v) is 7.70. The van der Waals surface area contributed by atoms with Gasteiger partial charge in [-0.2, -0.15) is 4.73 Å². The molecule has 0 radical (unpaired) electrons. The van der Waals surface area contributed by atoms with Crippen molar-refractivity contribution in [1.82, 2.24) is 4.73 Å². The first kappa shape index (κ1) is 17.3. The van der Waals surface area contributed by atoms with Crippen molar-refractivity contribution in [2.45, 2.75) is 6.61 Å². The van der Waals surface area contributed by atoms with Gasteiger partial charge in [-0.3, -0.25) is 9.59 Å². The van der Waals surface area contributed by atoms with Crippen molar-refractivity contribution in [3.05, 3.63) is 100.0 Å². The molecule has 5 nitrogen and oxygen atoms in total. The van der Waals surface area contributed by atoms with E-state index in [1.165, 1.54) is 60.8 Å². The Balaban J connectivity index is 1.76. The van der Waals surface area contributed by atoms with Crippen molar-refractivity contribution in [3.8, 4) is 0 Å². The van der Waals surface area contributed by atoms with Crippen molar-refractivity contribution in [1.29, 1.82) is 0 Å². The maximum Gasteiger partial charge on any atom is 0.295 e. The number of hydrogen-bond acceptors (Lipinski definition) is 3. The monoisotopic (exact) mass is 356 g/mol. The van der Waals surface area contributed by atoms with Crippen LogP contribution in [0.4, 0.5) is 14.5 Å². The molecule has 0 aliphatic heterocycles. The minimum absolute atomic E-state index is 0.0125. The molecule has 0 aliphatic rings. The van der Waals surface area contributed by atoms with Crippen LogP contribution in [-0.2, 0) is 6.61 Å². The maximum atomic E-state index is 13.6. The van der Waals surface area contributed by atoms with Gasteiger partial charge in [-0.05, 0) is 42.0 Å². The number of carbonyl (C=O) groups is 1. The Kier molecular flexibility index (Phi) is 5.07.